The number of carbonyl (C=O) groups excluding carboxylic acids is 2. The molecule has 1 fully saturated rings. The lowest BCUT2D eigenvalue weighted by Crippen LogP contribution is -2.62. The molecule has 1 saturated carbocycles. The zero-order valence-corrected chi connectivity index (χ0v) is 17.7. The molecule has 0 radical (unpaired) electrons. The molecule has 4 rings (SSSR count). The molecule has 1 aliphatic heterocycles. The Morgan fingerprint density at radius 3 is 2.62 bits per heavy atom. The molecule has 0 unspecified atom stereocenters. The number of nitrogens with one attached hydrogen (secondary N) is 1. The lowest BCUT2D eigenvalue weighted by atomic mass is 9.72. The molecule has 1 aliphatic carbocycles. The molecule has 2 aromatic rings. The number of nitrogens with zero attached hydrogens (tertiary/aromatic N) is 2. The van der Waals surface area contributed by atoms with Crippen molar-refractivity contribution in [1.82, 2.24) is 9.88 Å². The number of fused-ring (bicyclic) bond motifs is 1. The van der Waals surface area contributed by atoms with Crippen LogP contribution in [0.15, 0.2) is 36.7 Å². The van der Waals surface area contributed by atoms with Crippen molar-refractivity contribution < 1.29 is 22.8 Å². The maximum absolute atomic E-state index is 12.8. The maximum Gasteiger partial charge on any atom is 0.393 e. The number of nitrogens with two attached hydrogens (primary N) is 1. The molecule has 2 heterocycles. The fourth-order valence-electron chi connectivity index (χ4n) is 4.71. The van der Waals surface area contributed by atoms with Crippen molar-refractivity contribution in [3.63, 3.8) is 0 Å². The molecule has 170 valence electrons. The van der Waals surface area contributed by atoms with Gasteiger partial charge >= 0.3 is 6.18 Å². The van der Waals surface area contributed by atoms with E-state index in [2.05, 4.69) is 22.1 Å². The number of aromatic nitrogens is 1. The number of primary amides is 1. The fraction of sp³-hybridized carbons (Fsp3) is 0.435. The van der Waals surface area contributed by atoms with Crippen LogP contribution in [0.5, 0.6) is 0 Å². The molecular formula is C23H25F3N4O2. The molecule has 1 atom stereocenters. The summed E-state index contributed by atoms with van der Waals surface area (Å²) in [5, 5.41) is 2.63. The van der Waals surface area contributed by atoms with E-state index in [1.807, 2.05) is 6.07 Å². The van der Waals surface area contributed by atoms with Crippen LogP contribution < -0.4 is 11.1 Å². The zero-order valence-electron chi connectivity index (χ0n) is 17.7. The van der Waals surface area contributed by atoms with Crippen LogP contribution in [0.3, 0.4) is 0 Å². The minimum absolute atomic E-state index is 0.0255. The second-order valence-electron chi connectivity index (χ2n) is 8.77. The third-order valence-corrected chi connectivity index (χ3v) is 6.49. The van der Waals surface area contributed by atoms with Gasteiger partial charge in [-0.2, -0.15) is 13.2 Å². The van der Waals surface area contributed by atoms with Gasteiger partial charge < -0.3 is 11.1 Å². The summed E-state index contributed by atoms with van der Waals surface area (Å²) in [6, 6.07) is 6.67. The van der Waals surface area contributed by atoms with E-state index in [0.29, 0.717) is 12.1 Å². The second-order valence-corrected chi connectivity index (χ2v) is 8.77. The monoisotopic (exact) mass is 446 g/mol. The fourth-order valence-corrected chi connectivity index (χ4v) is 4.71. The van der Waals surface area contributed by atoms with Gasteiger partial charge in [0.25, 0.3) is 5.91 Å². The summed E-state index contributed by atoms with van der Waals surface area (Å²) in [5.74, 6) is -0.563. The van der Waals surface area contributed by atoms with Crippen molar-refractivity contribution >= 4 is 17.5 Å². The second kappa shape index (κ2) is 8.20. The lowest BCUT2D eigenvalue weighted by Gasteiger charge is -2.50. The highest BCUT2D eigenvalue weighted by molar-refractivity contribution is 6.04. The molecule has 9 heteroatoms. The van der Waals surface area contributed by atoms with Crippen molar-refractivity contribution in [2.24, 2.45) is 5.73 Å². The summed E-state index contributed by atoms with van der Waals surface area (Å²) in [5.41, 5.74) is 7.74. The van der Waals surface area contributed by atoms with Gasteiger partial charge in [-0.05, 0) is 60.1 Å². The van der Waals surface area contributed by atoms with Gasteiger partial charge in [0.1, 0.15) is 5.54 Å². The number of carbonyl (C=O) groups is 2. The lowest BCUT2D eigenvalue weighted by molar-refractivity contribution is -0.137. The first-order valence-electron chi connectivity index (χ1n) is 10.6. The highest BCUT2D eigenvalue weighted by Crippen LogP contribution is 2.42. The molecule has 1 aromatic heterocycles. The summed E-state index contributed by atoms with van der Waals surface area (Å²) in [6.07, 6.45) is -0.575. The molecule has 0 spiro atoms. The quantitative estimate of drug-likeness (QED) is 0.732. The first-order chi connectivity index (χ1) is 15.1. The highest BCUT2D eigenvalue weighted by atomic mass is 19.4. The van der Waals surface area contributed by atoms with Crippen LogP contribution in [0.4, 0.5) is 18.9 Å². The molecule has 3 N–H and O–H groups in total. The summed E-state index contributed by atoms with van der Waals surface area (Å²) in [7, 11) is 0. The van der Waals surface area contributed by atoms with Crippen LogP contribution in [0.25, 0.3) is 0 Å². The van der Waals surface area contributed by atoms with Crippen LogP contribution in [-0.2, 0) is 17.8 Å². The zero-order chi connectivity index (χ0) is 23.1. The molecule has 32 heavy (non-hydrogen) atoms. The van der Waals surface area contributed by atoms with Gasteiger partial charge in [0.15, 0.2) is 0 Å². The topological polar surface area (TPSA) is 88.3 Å². The van der Waals surface area contributed by atoms with E-state index in [1.165, 1.54) is 12.3 Å². The first-order valence-corrected chi connectivity index (χ1v) is 10.6. The van der Waals surface area contributed by atoms with E-state index < -0.39 is 24.0 Å². The maximum atomic E-state index is 12.8. The van der Waals surface area contributed by atoms with Crippen LogP contribution in [0.2, 0.25) is 0 Å². The van der Waals surface area contributed by atoms with E-state index in [-0.39, 0.29) is 23.1 Å². The van der Waals surface area contributed by atoms with Crippen molar-refractivity contribution in [2.45, 2.75) is 56.8 Å². The number of hydrogen-bond donors (Lipinski definition) is 2. The summed E-state index contributed by atoms with van der Waals surface area (Å²) < 4.78 is 37.9. The average Bonchev–Trinajstić information content (AvgIpc) is 2.65. The van der Waals surface area contributed by atoms with Gasteiger partial charge in [-0.25, -0.2) is 0 Å². The van der Waals surface area contributed by atoms with Crippen LogP contribution in [0.1, 0.15) is 59.2 Å². The smallest absolute Gasteiger partial charge is 0.368 e. The van der Waals surface area contributed by atoms with E-state index >= 15 is 0 Å². The van der Waals surface area contributed by atoms with Crippen LogP contribution in [0, 0.1) is 0 Å². The van der Waals surface area contributed by atoms with Crippen LogP contribution >= 0.6 is 0 Å². The molecule has 2 aliphatic rings. The molecule has 1 aromatic carbocycles. The molecule has 6 nitrogen and oxygen atoms in total. The van der Waals surface area contributed by atoms with Crippen molar-refractivity contribution in [3.05, 3.63) is 58.9 Å². The van der Waals surface area contributed by atoms with E-state index in [4.69, 9.17) is 5.73 Å². The van der Waals surface area contributed by atoms with Gasteiger partial charge in [-0.15, -0.1) is 0 Å². The van der Waals surface area contributed by atoms with Gasteiger partial charge in [0, 0.05) is 24.8 Å². The Labute approximate surface area is 184 Å². The number of hydrogen-bond acceptors (Lipinski definition) is 4. The number of rotatable bonds is 5. The van der Waals surface area contributed by atoms with Crippen molar-refractivity contribution in [3.8, 4) is 0 Å². The van der Waals surface area contributed by atoms with E-state index in [0.717, 1.165) is 43.1 Å². The number of halogens is 3. The molecular weight excluding hydrogens is 421 g/mol. The number of anilines is 1. The number of alkyl halides is 3. The Morgan fingerprint density at radius 1 is 1.25 bits per heavy atom. The Hall–Kier alpha value is -2.94. The van der Waals surface area contributed by atoms with Crippen molar-refractivity contribution in [1.29, 1.82) is 0 Å². The predicted octanol–water partition coefficient (Wildman–Crippen LogP) is 3.77. The normalized spacial score (nSPS) is 20.2. The Balaban J connectivity index is 1.53. The summed E-state index contributed by atoms with van der Waals surface area (Å²) >= 11 is 0. The minimum atomic E-state index is -4.35. The Bertz CT molecular complexity index is 1050. The standard InChI is InChI=1S/C23H25F3N4O2/c1-14-12-30(22(21(27)32)5-2-6-22)13-17-8-16(3-4-19(14)17)20(31)29-18-7-15(10-28-11-18)9-23(24,25)26/h3-4,7-8,10-11,14H,2,5-6,9,12-13H2,1H3,(H2,27,32)(H,29,31)/t14-/m0/s1. The predicted molar refractivity (Wildman–Crippen MR) is 113 cm³/mol. The summed E-state index contributed by atoms with van der Waals surface area (Å²) in [6.45, 7) is 3.32. The Morgan fingerprint density at radius 2 is 2.00 bits per heavy atom. The molecule has 0 saturated heterocycles. The SMILES string of the molecule is C[C@H]1CN(C2(C(N)=O)CCC2)Cc2cc(C(=O)Nc3cncc(CC(F)(F)F)c3)ccc21. The minimum Gasteiger partial charge on any atom is -0.368 e. The number of amides is 2. The van der Waals surface area contributed by atoms with Gasteiger partial charge in [0.05, 0.1) is 18.3 Å². The average molecular weight is 446 g/mol. The Kier molecular flexibility index (Phi) is 5.70. The van der Waals surface area contributed by atoms with Gasteiger partial charge in [-0.1, -0.05) is 13.0 Å². The highest BCUT2D eigenvalue weighted by Gasteiger charge is 2.49. The van der Waals surface area contributed by atoms with E-state index in [1.54, 1.807) is 12.1 Å². The summed E-state index contributed by atoms with van der Waals surface area (Å²) in [4.78, 5) is 30.9. The first kappa shape index (κ1) is 22.3. The molecule has 0 bridgehead atoms. The van der Waals surface area contributed by atoms with Gasteiger partial charge in [-0.3, -0.25) is 19.5 Å². The van der Waals surface area contributed by atoms with Crippen molar-refractivity contribution in [2.75, 3.05) is 11.9 Å². The van der Waals surface area contributed by atoms with Crippen LogP contribution in [-0.4, -0.2) is 40.0 Å². The number of benzene rings is 1. The largest absolute Gasteiger partial charge is 0.393 e. The third-order valence-electron chi connectivity index (χ3n) is 6.49. The van der Waals surface area contributed by atoms with E-state index in [9.17, 15) is 22.8 Å². The van der Waals surface area contributed by atoms with Gasteiger partial charge in [0.2, 0.25) is 5.91 Å². The third kappa shape index (κ3) is 4.34. The number of pyridine rings is 1. The molecule has 2 amide bonds.